The zero-order valence-corrected chi connectivity index (χ0v) is 21.3. The monoisotopic (exact) mass is 505 g/mol. The van der Waals surface area contributed by atoms with Crippen LogP contribution in [-0.4, -0.2) is 86.0 Å². The van der Waals surface area contributed by atoms with Gasteiger partial charge >= 0.3 is 0 Å². The van der Waals surface area contributed by atoms with Gasteiger partial charge in [0, 0.05) is 56.6 Å². The predicted molar refractivity (Wildman–Crippen MR) is 141 cm³/mol. The SMILES string of the molecule is CC1CN(c2nc3nc(NCCO)oc3cc2C(=O)Nc2cccc(-c3cnn(C)c3)n2)CC(C)N1C. The fourth-order valence-corrected chi connectivity index (χ4v) is 4.48. The van der Waals surface area contributed by atoms with Crippen LogP contribution in [0.5, 0.6) is 0 Å². The summed E-state index contributed by atoms with van der Waals surface area (Å²) < 4.78 is 7.47. The maximum absolute atomic E-state index is 13.6. The number of anilines is 3. The number of nitrogens with one attached hydrogen (secondary N) is 2. The van der Waals surface area contributed by atoms with Crippen molar-refractivity contribution in [1.29, 1.82) is 0 Å². The van der Waals surface area contributed by atoms with Crippen molar-refractivity contribution in [3.05, 3.63) is 42.2 Å². The molecule has 1 saturated heterocycles. The van der Waals surface area contributed by atoms with Gasteiger partial charge in [0.15, 0.2) is 5.58 Å². The van der Waals surface area contributed by atoms with Gasteiger partial charge in [-0.15, -0.1) is 0 Å². The minimum absolute atomic E-state index is 0.0623. The summed E-state index contributed by atoms with van der Waals surface area (Å²) >= 11 is 0. The van der Waals surface area contributed by atoms with Gasteiger partial charge in [-0.05, 0) is 33.0 Å². The Balaban J connectivity index is 1.50. The zero-order valence-electron chi connectivity index (χ0n) is 21.3. The highest BCUT2D eigenvalue weighted by atomic mass is 16.4. The molecular formula is C25H31N9O3. The van der Waals surface area contributed by atoms with Crippen LogP contribution in [0, 0.1) is 0 Å². The fraction of sp³-hybridized carbons (Fsp3) is 0.400. The molecule has 0 aliphatic carbocycles. The highest BCUT2D eigenvalue weighted by Crippen LogP contribution is 2.29. The van der Waals surface area contributed by atoms with Gasteiger partial charge in [0.2, 0.25) is 5.65 Å². The smallest absolute Gasteiger partial charge is 0.297 e. The van der Waals surface area contributed by atoms with Crippen LogP contribution >= 0.6 is 0 Å². The van der Waals surface area contributed by atoms with Crippen molar-refractivity contribution in [3.63, 3.8) is 0 Å². The molecule has 1 fully saturated rings. The number of piperazine rings is 1. The number of oxazole rings is 1. The predicted octanol–water partition coefficient (Wildman–Crippen LogP) is 2.20. The minimum atomic E-state index is -0.347. The number of aromatic nitrogens is 5. The molecule has 3 N–H and O–H groups in total. The number of hydrogen-bond donors (Lipinski definition) is 3. The van der Waals surface area contributed by atoms with Gasteiger partial charge in [0.25, 0.3) is 11.9 Å². The molecule has 0 saturated carbocycles. The van der Waals surface area contributed by atoms with Gasteiger partial charge in [-0.2, -0.15) is 10.1 Å². The molecule has 4 aromatic heterocycles. The van der Waals surface area contributed by atoms with E-state index in [4.69, 9.17) is 14.5 Å². The van der Waals surface area contributed by atoms with Crippen LogP contribution in [0.15, 0.2) is 41.1 Å². The van der Waals surface area contributed by atoms with Crippen LogP contribution in [0.3, 0.4) is 0 Å². The molecule has 0 aromatic carbocycles. The van der Waals surface area contributed by atoms with Gasteiger partial charge in [-0.1, -0.05) is 6.07 Å². The first-order chi connectivity index (χ1) is 17.8. The van der Waals surface area contributed by atoms with Crippen LogP contribution in [0.25, 0.3) is 22.5 Å². The fourth-order valence-electron chi connectivity index (χ4n) is 4.48. The summed E-state index contributed by atoms with van der Waals surface area (Å²) in [4.78, 5) is 31.8. The van der Waals surface area contributed by atoms with Crippen molar-refractivity contribution in [3.8, 4) is 11.3 Å². The first-order valence-electron chi connectivity index (χ1n) is 12.2. The third-order valence-corrected chi connectivity index (χ3v) is 6.65. The summed E-state index contributed by atoms with van der Waals surface area (Å²) in [6.45, 7) is 5.96. The van der Waals surface area contributed by atoms with Crippen LogP contribution in [0.1, 0.15) is 24.2 Å². The number of aliphatic hydroxyl groups excluding tert-OH is 1. The van der Waals surface area contributed by atoms with E-state index in [1.807, 2.05) is 25.4 Å². The van der Waals surface area contributed by atoms with Crippen molar-refractivity contribution in [2.24, 2.45) is 7.05 Å². The topological polar surface area (TPSA) is 137 Å². The number of likely N-dealkylation sites (N-methyl/N-ethyl adjacent to an activating group) is 1. The van der Waals surface area contributed by atoms with Crippen molar-refractivity contribution in [1.82, 2.24) is 29.6 Å². The molecule has 5 rings (SSSR count). The van der Waals surface area contributed by atoms with Gasteiger partial charge in [0.1, 0.15) is 11.6 Å². The molecule has 2 atom stereocenters. The molecule has 1 aliphatic heterocycles. The molecule has 12 nitrogen and oxygen atoms in total. The Kier molecular flexibility index (Phi) is 6.76. The van der Waals surface area contributed by atoms with Crippen LogP contribution in [0.4, 0.5) is 17.7 Å². The maximum Gasteiger partial charge on any atom is 0.297 e. The van der Waals surface area contributed by atoms with Gasteiger partial charge in [-0.3, -0.25) is 14.4 Å². The van der Waals surface area contributed by atoms with E-state index >= 15 is 0 Å². The normalized spacial score (nSPS) is 18.4. The molecule has 1 aliphatic rings. The largest absolute Gasteiger partial charge is 0.422 e. The first-order valence-corrected chi connectivity index (χ1v) is 12.2. The Morgan fingerprint density at radius 3 is 2.65 bits per heavy atom. The molecule has 0 spiro atoms. The Labute approximate surface area is 214 Å². The van der Waals surface area contributed by atoms with Crippen molar-refractivity contribution >= 4 is 34.8 Å². The van der Waals surface area contributed by atoms with Crippen molar-refractivity contribution in [2.45, 2.75) is 25.9 Å². The van der Waals surface area contributed by atoms with Gasteiger partial charge in [-0.25, -0.2) is 9.97 Å². The van der Waals surface area contributed by atoms with E-state index in [1.54, 1.807) is 23.0 Å². The average molecular weight is 506 g/mol. The Morgan fingerprint density at radius 1 is 1.16 bits per heavy atom. The average Bonchev–Trinajstić information content (AvgIpc) is 3.50. The molecule has 12 heteroatoms. The number of aryl methyl sites for hydroxylation is 1. The van der Waals surface area contributed by atoms with E-state index in [0.717, 1.165) is 5.56 Å². The number of rotatable bonds is 7. The molecule has 4 aromatic rings. The number of hydrogen-bond acceptors (Lipinski definition) is 10. The molecule has 1 amide bonds. The maximum atomic E-state index is 13.6. The minimum Gasteiger partial charge on any atom is -0.422 e. The van der Waals surface area contributed by atoms with E-state index in [1.165, 1.54) is 0 Å². The lowest BCUT2D eigenvalue weighted by atomic mass is 10.1. The van der Waals surface area contributed by atoms with Gasteiger partial charge < -0.3 is 25.1 Å². The van der Waals surface area contributed by atoms with E-state index in [0.29, 0.717) is 53.8 Å². The lowest BCUT2D eigenvalue weighted by molar-refractivity contribution is 0.102. The summed E-state index contributed by atoms with van der Waals surface area (Å²) in [5.74, 6) is 0.614. The second kappa shape index (κ2) is 10.1. The highest BCUT2D eigenvalue weighted by molar-refractivity contribution is 6.08. The molecule has 0 bridgehead atoms. The number of aliphatic hydroxyl groups is 1. The third-order valence-electron chi connectivity index (χ3n) is 6.65. The number of amides is 1. The standard InChI is InChI=1S/C25H31N9O3/c1-15-12-34(13-16(2)33(15)4)23-18(10-20-22(30-23)31-25(37-20)26-8-9-35)24(36)29-21-7-5-6-19(28-21)17-11-27-32(3)14-17/h5-7,10-11,14-16,35H,8-9,12-13H2,1-4H3,(H,26,30,31)(H,28,29,36). The van der Waals surface area contributed by atoms with E-state index in [-0.39, 0.29) is 30.6 Å². The van der Waals surface area contributed by atoms with Crippen LogP contribution in [0.2, 0.25) is 0 Å². The van der Waals surface area contributed by atoms with E-state index < -0.39 is 0 Å². The van der Waals surface area contributed by atoms with Crippen molar-refractivity contribution in [2.75, 3.05) is 48.8 Å². The van der Waals surface area contributed by atoms with E-state index in [2.05, 4.69) is 56.4 Å². The third kappa shape index (κ3) is 5.11. The number of carbonyl (C=O) groups is 1. The number of nitrogens with zero attached hydrogens (tertiary/aromatic N) is 7. The lowest BCUT2D eigenvalue weighted by Crippen LogP contribution is -2.55. The first kappa shape index (κ1) is 24.7. The molecule has 0 radical (unpaired) electrons. The summed E-state index contributed by atoms with van der Waals surface area (Å²) in [6.07, 6.45) is 3.60. The van der Waals surface area contributed by atoms with Crippen LogP contribution < -0.4 is 15.5 Å². The molecule has 2 unspecified atom stereocenters. The molecule has 37 heavy (non-hydrogen) atoms. The Bertz CT molecular complexity index is 1400. The summed E-state index contributed by atoms with van der Waals surface area (Å²) in [7, 11) is 3.95. The summed E-state index contributed by atoms with van der Waals surface area (Å²) in [5, 5.41) is 19.2. The number of fused-ring (bicyclic) bond motifs is 1. The van der Waals surface area contributed by atoms with Crippen molar-refractivity contribution < 1.29 is 14.3 Å². The lowest BCUT2D eigenvalue weighted by Gasteiger charge is -2.43. The molecular weight excluding hydrogens is 474 g/mol. The summed E-state index contributed by atoms with van der Waals surface area (Å²) in [5.41, 5.74) is 2.70. The second-order valence-electron chi connectivity index (χ2n) is 9.38. The molecule has 5 heterocycles. The highest BCUT2D eigenvalue weighted by Gasteiger charge is 2.31. The van der Waals surface area contributed by atoms with Crippen LogP contribution in [-0.2, 0) is 7.05 Å². The number of carbonyl (C=O) groups excluding carboxylic acids is 1. The Morgan fingerprint density at radius 2 is 1.95 bits per heavy atom. The Hall–Kier alpha value is -4.03. The quantitative estimate of drug-likeness (QED) is 0.343. The zero-order chi connectivity index (χ0) is 26.1. The molecule has 194 valence electrons. The second-order valence-corrected chi connectivity index (χ2v) is 9.38. The summed E-state index contributed by atoms with van der Waals surface area (Å²) in [6, 6.07) is 7.91. The van der Waals surface area contributed by atoms with E-state index in [9.17, 15) is 4.79 Å². The number of pyridine rings is 2. The van der Waals surface area contributed by atoms with Gasteiger partial charge in [0.05, 0.1) is 24.1 Å².